The molecule has 1 saturated carbocycles. The molecule has 0 atom stereocenters. The standard InChI is InChI=1S/C15H24FN3/c1-18(2)15(7-4-8-15)11-19(3)10-12-5-6-14(17)13(16)9-12/h5-6,9H,4,7-8,10-11,17H2,1-3H3. The van der Waals surface area contributed by atoms with Gasteiger partial charge in [-0.2, -0.15) is 0 Å². The Hall–Kier alpha value is -1.13. The van der Waals surface area contributed by atoms with Crippen LogP contribution in [-0.4, -0.2) is 43.0 Å². The largest absolute Gasteiger partial charge is 0.396 e. The predicted octanol–water partition coefficient (Wildman–Crippen LogP) is 2.32. The summed E-state index contributed by atoms with van der Waals surface area (Å²) in [4.78, 5) is 4.60. The molecule has 2 rings (SSSR count). The Morgan fingerprint density at radius 2 is 1.95 bits per heavy atom. The minimum absolute atomic E-state index is 0.218. The second-order valence-electron chi connectivity index (χ2n) is 6.00. The zero-order chi connectivity index (χ0) is 14.0. The number of likely N-dealkylation sites (N-methyl/N-ethyl adjacent to an activating group) is 2. The molecule has 0 amide bonds. The first-order valence-corrected chi connectivity index (χ1v) is 6.83. The van der Waals surface area contributed by atoms with E-state index in [0.29, 0.717) is 5.54 Å². The van der Waals surface area contributed by atoms with Crippen LogP contribution in [-0.2, 0) is 6.54 Å². The summed E-state index contributed by atoms with van der Waals surface area (Å²) in [5.74, 6) is -0.322. The molecule has 4 heteroatoms. The summed E-state index contributed by atoms with van der Waals surface area (Å²) in [5, 5.41) is 0. The number of anilines is 1. The fourth-order valence-corrected chi connectivity index (χ4v) is 2.87. The maximum atomic E-state index is 13.4. The number of nitrogen functional groups attached to an aromatic ring is 1. The molecule has 1 aliphatic carbocycles. The second-order valence-corrected chi connectivity index (χ2v) is 6.00. The third-order valence-electron chi connectivity index (χ3n) is 4.31. The summed E-state index contributed by atoms with van der Waals surface area (Å²) in [7, 11) is 6.39. The van der Waals surface area contributed by atoms with Crippen molar-refractivity contribution >= 4 is 5.69 Å². The zero-order valence-corrected chi connectivity index (χ0v) is 12.1. The highest BCUT2D eigenvalue weighted by molar-refractivity contribution is 5.41. The predicted molar refractivity (Wildman–Crippen MR) is 77.4 cm³/mol. The lowest BCUT2D eigenvalue weighted by Gasteiger charge is -2.49. The first-order chi connectivity index (χ1) is 8.93. The summed E-state index contributed by atoms with van der Waals surface area (Å²) in [6, 6.07) is 5.08. The molecule has 1 aromatic rings. The highest BCUT2D eigenvalue weighted by Crippen LogP contribution is 2.36. The molecular formula is C15H24FN3. The molecule has 3 nitrogen and oxygen atoms in total. The quantitative estimate of drug-likeness (QED) is 0.829. The minimum atomic E-state index is -0.322. The number of benzene rings is 1. The van der Waals surface area contributed by atoms with Gasteiger partial charge < -0.3 is 15.5 Å². The van der Waals surface area contributed by atoms with E-state index in [1.54, 1.807) is 6.07 Å². The molecule has 1 aliphatic rings. The van der Waals surface area contributed by atoms with Gasteiger partial charge in [0.15, 0.2) is 0 Å². The van der Waals surface area contributed by atoms with E-state index in [9.17, 15) is 4.39 Å². The smallest absolute Gasteiger partial charge is 0.146 e. The number of halogens is 1. The molecule has 106 valence electrons. The normalized spacial score (nSPS) is 17.8. The molecule has 0 heterocycles. The first-order valence-electron chi connectivity index (χ1n) is 6.83. The number of nitrogens with two attached hydrogens (primary N) is 1. The van der Waals surface area contributed by atoms with Crippen LogP contribution in [0.3, 0.4) is 0 Å². The maximum Gasteiger partial charge on any atom is 0.146 e. The van der Waals surface area contributed by atoms with Crippen molar-refractivity contribution in [3.8, 4) is 0 Å². The third kappa shape index (κ3) is 3.07. The van der Waals surface area contributed by atoms with E-state index < -0.39 is 0 Å². The summed E-state index contributed by atoms with van der Waals surface area (Å²) < 4.78 is 13.4. The van der Waals surface area contributed by atoms with Gasteiger partial charge in [-0.1, -0.05) is 6.07 Å². The van der Waals surface area contributed by atoms with E-state index in [0.717, 1.165) is 18.7 Å². The van der Waals surface area contributed by atoms with Gasteiger partial charge in [0.05, 0.1) is 5.69 Å². The fraction of sp³-hybridized carbons (Fsp3) is 0.600. The van der Waals surface area contributed by atoms with Crippen LogP contribution in [0.5, 0.6) is 0 Å². The average molecular weight is 265 g/mol. The van der Waals surface area contributed by atoms with Crippen LogP contribution in [0.1, 0.15) is 24.8 Å². The van der Waals surface area contributed by atoms with E-state index >= 15 is 0 Å². The van der Waals surface area contributed by atoms with Gasteiger partial charge in [0.1, 0.15) is 5.82 Å². The van der Waals surface area contributed by atoms with Crippen molar-refractivity contribution in [1.82, 2.24) is 9.80 Å². The Bertz CT molecular complexity index is 441. The van der Waals surface area contributed by atoms with Crippen molar-refractivity contribution < 1.29 is 4.39 Å². The van der Waals surface area contributed by atoms with Crippen molar-refractivity contribution in [3.63, 3.8) is 0 Å². The van der Waals surface area contributed by atoms with E-state index in [4.69, 9.17) is 5.73 Å². The van der Waals surface area contributed by atoms with Gasteiger partial charge in [-0.05, 0) is 58.1 Å². The monoisotopic (exact) mass is 265 g/mol. The van der Waals surface area contributed by atoms with E-state index in [-0.39, 0.29) is 11.5 Å². The third-order valence-corrected chi connectivity index (χ3v) is 4.31. The van der Waals surface area contributed by atoms with Gasteiger partial charge >= 0.3 is 0 Å². The lowest BCUT2D eigenvalue weighted by atomic mass is 9.75. The molecule has 0 spiro atoms. The molecule has 1 fully saturated rings. The van der Waals surface area contributed by atoms with Gasteiger partial charge in [0.2, 0.25) is 0 Å². The van der Waals surface area contributed by atoms with Crippen LogP contribution in [0.15, 0.2) is 18.2 Å². The van der Waals surface area contributed by atoms with E-state index in [1.807, 2.05) is 6.07 Å². The topological polar surface area (TPSA) is 32.5 Å². The van der Waals surface area contributed by atoms with Crippen molar-refractivity contribution in [2.75, 3.05) is 33.4 Å². The zero-order valence-electron chi connectivity index (χ0n) is 12.1. The molecule has 0 saturated heterocycles. The second kappa shape index (κ2) is 5.47. The van der Waals surface area contributed by atoms with Crippen LogP contribution in [0.2, 0.25) is 0 Å². The van der Waals surface area contributed by atoms with Crippen molar-refractivity contribution in [1.29, 1.82) is 0 Å². The minimum Gasteiger partial charge on any atom is -0.396 e. The Morgan fingerprint density at radius 1 is 1.26 bits per heavy atom. The molecule has 19 heavy (non-hydrogen) atoms. The number of hydrogen-bond acceptors (Lipinski definition) is 3. The summed E-state index contributed by atoms with van der Waals surface area (Å²) in [5.41, 5.74) is 7.00. The average Bonchev–Trinajstić information content (AvgIpc) is 2.28. The fourth-order valence-electron chi connectivity index (χ4n) is 2.87. The lowest BCUT2D eigenvalue weighted by Crippen LogP contribution is -2.56. The van der Waals surface area contributed by atoms with Crippen molar-refractivity contribution in [3.05, 3.63) is 29.6 Å². The molecule has 0 unspecified atom stereocenters. The van der Waals surface area contributed by atoms with Gasteiger partial charge in [0, 0.05) is 18.6 Å². The van der Waals surface area contributed by atoms with E-state index in [1.165, 1.54) is 25.3 Å². The molecule has 2 N–H and O–H groups in total. The van der Waals surface area contributed by atoms with Crippen LogP contribution in [0, 0.1) is 5.82 Å². The Morgan fingerprint density at radius 3 is 2.42 bits per heavy atom. The summed E-state index contributed by atoms with van der Waals surface area (Å²) in [6.07, 6.45) is 3.81. The molecule has 0 aromatic heterocycles. The van der Waals surface area contributed by atoms with Crippen molar-refractivity contribution in [2.24, 2.45) is 0 Å². The Kier molecular flexibility index (Phi) is 4.11. The highest BCUT2D eigenvalue weighted by Gasteiger charge is 2.39. The van der Waals surface area contributed by atoms with Crippen LogP contribution < -0.4 is 5.73 Å². The number of hydrogen-bond donors (Lipinski definition) is 1. The highest BCUT2D eigenvalue weighted by atomic mass is 19.1. The lowest BCUT2D eigenvalue weighted by molar-refractivity contribution is 0.0259. The molecule has 0 radical (unpaired) electrons. The molecule has 0 aliphatic heterocycles. The van der Waals surface area contributed by atoms with Gasteiger partial charge in [-0.3, -0.25) is 0 Å². The summed E-state index contributed by atoms with van der Waals surface area (Å²) in [6.45, 7) is 1.78. The van der Waals surface area contributed by atoms with Crippen LogP contribution in [0.4, 0.5) is 10.1 Å². The molecule has 1 aromatic carbocycles. The van der Waals surface area contributed by atoms with Gasteiger partial charge in [-0.25, -0.2) is 4.39 Å². The van der Waals surface area contributed by atoms with Gasteiger partial charge in [0.25, 0.3) is 0 Å². The van der Waals surface area contributed by atoms with Crippen molar-refractivity contribution in [2.45, 2.75) is 31.3 Å². The first kappa shape index (κ1) is 14.3. The Labute approximate surface area is 115 Å². The summed E-state index contributed by atoms with van der Waals surface area (Å²) >= 11 is 0. The molecule has 0 bridgehead atoms. The van der Waals surface area contributed by atoms with Crippen LogP contribution >= 0.6 is 0 Å². The SMILES string of the molecule is CN(Cc1ccc(N)c(F)c1)CC1(N(C)C)CCC1. The van der Waals surface area contributed by atoms with Gasteiger partial charge in [-0.15, -0.1) is 0 Å². The molecular weight excluding hydrogens is 241 g/mol. The maximum absolute atomic E-state index is 13.4. The van der Waals surface area contributed by atoms with E-state index in [2.05, 4.69) is 30.9 Å². The number of nitrogens with zero attached hydrogens (tertiary/aromatic N) is 2. The Balaban J connectivity index is 1.97. The number of rotatable bonds is 5. The van der Waals surface area contributed by atoms with Crippen LogP contribution in [0.25, 0.3) is 0 Å².